The van der Waals surface area contributed by atoms with Crippen LogP contribution in [-0.2, 0) is 6.42 Å². The summed E-state index contributed by atoms with van der Waals surface area (Å²) in [6.45, 7) is 1.85. The normalized spacial score (nSPS) is 20.3. The first-order valence-electron chi connectivity index (χ1n) is 6.86. The lowest BCUT2D eigenvalue weighted by atomic mass is 9.81. The van der Waals surface area contributed by atoms with Crippen LogP contribution in [-0.4, -0.2) is 33.1 Å². The van der Waals surface area contributed by atoms with Gasteiger partial charge in [-0.15, -0.1) is 12.4 Å². The van der Waals surface area contributed by atoms with Crippen LogP contribution in [0, 0.1) is 0 Å². The fourth-order valence-electron chi connectivity index (χ4n) is 3.09. The Labute approximate surface area is 126 Å². The Bertz CT molecular complexity index is 517. The fraction of sp³-hybridized carbons (Fsp3) is 0.533. The van der Waals surface area contributed by atoms with Gasteiger partial charge in [0.15, 0.2) is 0 Å². The van der Waals surface area contributed by atoms with Gasteiger partial charge in [-0.25, -0.2) is 0 Å². The molecule has 2 aliphatic rings. The molecule has 20 heavy (non-hydrogen) atoms. The summed E-state index contributed by atoms with van der Waals surface area (Å²) in [5.41, 5.74) is 2.63. The lowest BCUT2D eigenvalue weighted by molar-refractivity contribution is 0.386. The summed E-state index contributed by atoms with van der Waals surface area (Å²) in [6, 6.07) is 4.12. The van der Waals surface area contributed by atoms with Crippen LogP contribution < -0.4 is 14.8 Å². The van der Waals surface area contributed by atoms with E-state index in [4.69, 9.17) is 9.47 Å². The molecule has 3 rings (SSSR count). The maximum Gasteiger partial charge on any atom is 0.126 e. The summed E-state index contributed by atoms with van der Waals surface area (Å²) < 4.78 is 10.9. The molecule has 4 nitrogen and oxygen atoms in total. The van der Waals surface area contributed by atoms with Gasteiger partial charge in [0.05, 0.1) is 20.8 Å². The molecule has 1 aliphatic heterocycles. The summed E-state index contributed by atoms with van der Waals surface area (Å²) in [5.74, 6) is 3.31. The molecule has 1 atom stereocenters. The maximum absolute atomic E-state index is 5.53. The van der Waals surface area contributed by atoms with Crippen molar-refractivity contribution in [1.82, 2.24) is 5.32 Å². The zero-order chi connectivity index (χ0) is 13.2. The molecular weight excluding hydrogens is 276 g/mol. The number of fused-ring (bicyclic) bond motifs is 1. The van der Waals surface area contributed by atoms with Gasteiger partial charge in [0.1, 0.15) is 17.3 Å². The van der Waals surface area contributed by atoms with Crippen molar-refractivity contribution in [3.05, 3.63) is 23.3 Å². The van der Waals surface area contributed by atoms with Crippen LogP contribution in [0.4, 0.5) is 0 Å². The Kier molecular flexibility index (Phi) is 4.76. The predicted octanol–water partition coefficient (Wildman–Crippen LogP) is 2.55. The molecule has 1 unspecified atom stereocenters. The Balaban J connectivity index is 0.00000147. The first-order valence-corrected chi connectivity index (χ1v) is 6.86. The lowest BCUT2D eigenvalue weighted by Gasteiger charge is -2.27. The molecule has 0 fully saturated rings. The molecular formula is C15H21ClN2O2. The quantitative estimate of drug-likeness (QED) is 0.932. The monoisotopic (exact) mass is 296 g/mol. The van der Waals surface area contributed by atoms with Crippen LogP contribution in [0.3, 0.4) is 0 Å². The van der Waals surface area contributed by atoms with Crippen LogP contribution in [0.5, 0.6) is 11.5 Å². The van der Waals surface area contributed by atoms with Crippen molar-refractivity contribution in [3.63, 3.8) is 0 Å². The van der Waals surface area contributed by atoms with Gasteiger partial charge in [0, 0.05) is 18.5 Å². The highest BCUT2D eigenvalue weighted by Crippen LogP contribution is 2.40. The van der Waals surface area contributed by atoms with E-state index in [0.717, 1.165) is 43.3 Å². The minimum atomic E-state index is 0. The van der Waals surface area contributed by atoms with Crippen molar-refractivity contribution < 1.29 is 9.47 Å². The Hall–Kier alpha value is -1.42. The second-order valence-corrected chi connectivity index (χ2v) is 5.04. The summed E-state index contributed by atoms with van der Waals surface area (Å²) in [5, 5.41) is 3.41. The van der Waals surface area contributed by atoms with Gasteiger partial charge < -0.3 is 14.8 Å². The average molecular weight is 297 g/mol. The number of rotatable bonds is 3. The van der Waals surface area contributed by atoms with Crippen molar-refractivity contribution in [2.45, 2.75) is 25.2 Å². The first kappa shape index (κ1) is 15.0. The molecule has 1 aliphatic carbocycles. The Morgan fingerprint density at radius 1 is 1.25 bits per heavy atom. The average Bonchev–Trinajstić information content (AvgIpc) is 2.99. The van der Waals surface area contributed by atoms with Crippen molar-refractivity contribution in [2.75, 3.05) is 27.3 Å². The number of nitrogens with zero attached hydrogens (tertiary/aromatic N) is 1. The van der Waals surface area contributed by atoms with Gasteiger partial charge >= 0.3 is 0 Å². The molecule has 0 saturated heterocycles. The van der Waals surface area contributed by atoms with E-state index in [1.807, 2.05) is 6.07 Å². The topological polar surface area (TPSA) is 42.9 Å². The first-order chi connectivity index (χ1) is 9.33. The van der Waals surface area contributed by atoms with Crippen LogP contribution >= 0.6 is 12.4 Å². The van der Waals surface area contributed by atoms with Crippen LogP contribution in [0.1, 0.15) is 29.9 Å². The molecule has 0 amide bonds. The molecule has 1 aromatic carbocycles. The molecule has 1 aromatic rings. The van der Waals surface area contributed by atoms with Gasteiger partial charge in [0.2, 0.25) is 0 Å². The van der Waals surface area contributed by atoms with Crippen molar-refractivity contribution in [3.8, 4) is 11.5 Å². The summed E-state index contributed by atoms with van der Waals surface area (Å²) in [6.07, 6.45) is 3.41. The van der Waals surface area contributed by atoms with Crippen LogP contribution in [0.2, 0.25) is 0 Å². The maximum atomic E-state index is 5.53. The van der Waals surface area contributed by atoms with E-state index >= 15 is 0 Å². The number of hydrogen-bond donors (Lipinski definition) is 1. The summed E-state index contributed by atoms with van der Waals surface area (Å²) in [7, 11) is 3.42. The highest BCUT2D eigenvalue weighted by molar-refractivity contribution is 5.91. The second-order valence-electron chi connectivity index (χ2n) is 5.04. The minimum Gasteiger partial charge on any atom is -0.497 e. The Morgan fingerprint density at radius 2 is 2.10 bits per heavy atom. The van der Waals surface area contributed by atoms with E-state index in [9.17, 15) is 0 Å². The standard InChI is InChI=1S/C15H20N2O2.ClH/c1-18-10-8-13-11(14(9-10)19-2)4-3-5-12(13)15-16-6-7-17-15;/h8-9,12H,3-7H2,1-2H3,(H,16,17);1H. The SMILES string of the molecule is COc1cc(OC)c2c(c1)C(C1=NCCN1)CCC2.Cl. The number of halogens is 1. The number of benzene rings is 1. The zero-order valence-corrected chi connectivity index (χ0v) is 12.8. The van der Waals surface area contributed by atoms with Gasteiger partial charge in [-0.1, -0.05) is 0 Å². The van der Waals surface area contributed by atoms with Crippen molar-refractivity contribution in [1.29, 1.82) is 0 Å². The van der Waals surface area contributed by atoms with E-state index in [0.29, 0.717) is 5.92 Å². The van der Waals surface area contributed by atoms with Crippen molar-refractivity contribution >= 4 is 18.2 Å². The molecule has 5 heteroatoms. The smallest absolute Gasteiger partial charge is 0.126 e. The number of hydrogen-bond acceptors (Lipinski definition) is 4. The molecule has 0 aromatic heterocycles. The van der Waals surface area contributed by atoms with E-state index in [1.54, 1.807) is 14.2 Å². The highest BCUT2D eigenvalue weighted by atomic mass is 35.5. The molecule has 0 bridgehead atoms. The number of methoxy groups -OCH3 is 2. The highest BCUT2D eigenvalue weighted by Gasteiger charge is 2.28. The molecule has 0 saturated carbocycles. The lowest BCUT2D eigenvalue weighted by Crippen LogP contribution is -2.28. The largest absolute Gasteiger partial charge is 0.497 e. The summed E-state index contributed by atoms with van der Waals surface area (Å²) in [4.78, 5) is 4.59. The van der Waals surface area contributed by atoms with Crippen molar-refractivity contribution in [2.24, 2.45) is 4.99 Å². The van der Waals surface area contributed by atoms with Gasteiger partial charge in [-0.05, 0) is 36.5 Å². The number of amidine groups is 1. The Morgan fingerprint density at radius 3 is 2.75 bits per heavy atom. The third kappa shape index (κ3) is 2.57. The molecule has 1 heterocycles. The van der Waals surface area contributed by atoms with Gasteiger partial charge in [-0.3, -0.25) is 4.99 Å². The number of nitrogens with one attached hydrogen (secondary N) is 1. The van der Waals surface area contributed by atoms with Crippen LogP contribution in [0.25, 0.3) is 0 Å². The van der Waals surface area contributed by atoms with Gasteiger partial charge in [-0.2, -0.15) is 0 Å². The minimum absolute atomic E-state index is 0. The second kappa shape index (κ2) is 6.35. The van der Waals surface area contributed by atoms with E-state index in [2.05, 4.69) is 16.4 Å². The molecule has 0 spiro atoms. The number of aliphatic imine (C=N–C) groups is 1. The van der Waals surface area contributed by atoms with E-state index < -0.39 is 0 Å². The van der Waals surface area contributed by atoms with E-state index in [1.165, 1.54) is 17.5 Å². The molecule has 1 N–H and O–H groups in total. The third-order valence-corrected chi connectivity index (χ3v) is 4.00. The fourth-order valence-corrected chi connectivity index (χ4v) is 3.09. The van der Waals surface area contributed by atoms with E-state index in [-0.39, 0.29) is 12.4 Å². The van der Waals surface area contributed by atoms with Crippen LogP contribution in [0.15, 0.2) is 17.1 Å². The zero-order valence-electron chi connectivity index (χ0n) is 11.9. The molecule has 0 radical (unpaired) electrons. The molecule has 110 valence electrons. The van der Waals surface area contributed by atoms with Gasteiger partial charge in [0.25, 0.3) is 0 Å². The number of ether oxygens (including phenoxy) is 2. The summed E-state index contributed by atoms with van der Waals surface area (Å²) >= 11 is 0. The third-order valence-electron chi connectivity index (χ3n) is 4.00. The predicted molar refractivity (Wildman–Crippen MR) is 82.8 cm³/mol.